The summed E-state index contributed by atoms with van der Waals surface area (Å²) in [6, 6.07) is 15.3. The normalized spacial score (nSPS) is 15.0. The van der Waals surface area contributed by atoms with Crippen molar-refractivity contribution < 1.29 is 18.9 Å². The highest BCUT2D eigenvalue weighted by atomic mass is 32.1. The van der Waals surface area contributed by atoms with E-state index in [9.17, 15) is 19.7 Å². The third-order valence-corrected chi connectivity index (χ3v) is 8.39. The number of furan rings is 1. The highest BCUT2D eigenvalue weighted by Crippen LogP contribution is 2.33. The van der Waals surface area contributed by atoms with Crippen LogP contribution >= 0.6 is 11.3 Å². The second-order valence-electron chi connectivity index (χ2n) is 10.7. The Morgan fingerprint density at radius 3 is 2.56 bits per heavy atom. The lowest BCUT2D eigenvalue weighted by molar-refractivity contribution is -0.384. The van der Waals surface area contributed by atoms with Gasteiger partial charge in [0.25, 0.3) is 11.2 Å². The second kappa shape index (κ2) is 12.3. The van der Waals surface area contributed by atoms with Crippen LogP contribution in [0.5, 0.6) is 0 Å². The van der Waals surface area contributed by atoms with E-state index in [1.54, 1.807) is 35.8 Å². The van der Waals surface area contributed by atoms with Gasteiger partial charge in [0, 0.05) is 23.8 Å². The van der Waals surface area contributed by atoms with Crippen LogP contribution in [0.3, 0.4) is 0 Å². The monoisotopic (exact) mass is 599 g/mol. The Balaban J connectivity index is 1.66. The van der Waals surface area contributed by atoms with E-state index in [2.05, 4.69) is 13.8 Å². The number of nitro groups is 1. The molecule has 0 saturated carbocycles. The van der Waals surface area contributed by atoms with Crippen LogP contribution in [0.2, 0.25) is 0 Å². The van der Waals surface area contributed by atoms with Crippen LogP contribution in [0.15, 0.2) is 80.1 Å². The van der Waals surface area contributed by atoms with Crippen molar-refractivity contribution in [1.29, 1.82) is 0 Å². The van der Waals surface area contributed by atoms with Crippen molar-refractivity contribution in [2.45, 2.75) is 59.4 Å². The molecule has 9 nitrogen and oxygen atoms in total. The fraction of sp³-hybridized carbons (Fsp3) is 0.303. The first-order chi connectivity index (χ1) is 20.6. The van der Waals surface area contributed by atoms with Gasteiger partial charge < -0.3 is 9.15 Å². The zero-order valence-corrected chi connectivity index (χ0v) is 25.6. The number of esters is 1. The molecule has 0 amide bonds. The molecule has 4 aromatic rings. The van der Waals surface area contributed by atoms with Crippen LogP contribution in [0.1, 0.15) is 74.9 Å². The smallest absolute Gasteiger partial charge is 0.338 e. The number of thiazole rings is 1. The highest BCUT2D eigenvalue weighted by Gasteiger charge is 2.34. The zero-order valence-electron chi connectivity index (χ0n) is 24.7. The minimum atomic E-state index is -0.695. The van der Waals surface area contributed by atoms with E-state index in [-0.39, 0.29) is 17.9 Å². The molecule has 43 heavy (non-hydrogen) atoms. The molecule has 1 aliphatic heterocycles. The molecule has 5 rings (SSSR count). The van der Waals surface area contributed by atoms with Crippen molar-refractivity contribution >= 4 is 29.1 Å². The Hall–Kier alpha value is -4.57. The lowest BCUT2D eigenvalue weighted by Gasteiger charge is -2.26. The van der Waals surface area contributed by atoms with Crippen molar-refractivity contribution in [1.82, 2.24) is 4.57 Å². The summed E-state index contributed by atoms with van der Waals surface area (Å²) in [6.45, 7) is 10.1. The summed E-state index contributed by atoms with van der Waals surface area (Å²) in [6.07, 6.45) is 2.97. The average molecular weight is 600 g/mol. The van der Waals surface area contributed by atoms with Gasteiger partial charge in [0.2, 0.25) is 0 Å². The average Bonchev–Trinajstić information content (AvgIpc) is 3.56. The summed E-state index contributed by atoms with van der Waals surface area (Å²) in [5.41, 5.74) is 4.03. The van der Waals surface area contributed by atoms with Gasteiger partial charge in [0.15, 0.2) is 4.80 Å². The summed E-state index contributed by atoms with van der Waals surface area (Å²) < 4.78 is 13.5. The quantitative estimate of drug-likeness (QED) is 0.129. The molecule has 0 unspecified atom stereocenters. The third-order valence-electron chi connectivity index (χ3n) is 7.41. The van der Waals surface area contributed by atoms with E-state index >= 15 is 0 Å². The van der Waals surface area contributed by atoms with E-state index in [1.807, 2.05) is 38.1 Å². The lowest BCUT2D eigenvalue weighted by atomic mass is 9.92. The first-order valence-electron chi connectivity index (χ1n) is 14.3. The van der Waals surface area contributed by atoms with Crippen LogP contribution < -0.4 is 14.9 Å². The first kappa shape index (κ1) is 29.9. The van der Waals surface area contributed by atoms with Gasteiger partial charge in [-0.05, 0) is 55.0 Å². The first-order valence-corrected chi connectivity index (χ1v) is 15.1. The van der Waals surface area contributed by atoms with Crippen molar-refractivity contribution in [2.75, 3.05) is 6.61 Å². The largest absolute Gasteiger partial charge is 0.463 e. The number of nitro benzene ring substituents is 1. The van der Waals surface area contributed by atoms with E-state index in [0.29, 0.717) is 50.0 Å². The standard InChI is InChI=1S/C33H33N3O6S/c1-6-8-26-29(32(38)41-7-2)30(22-12-10-21(11-13-22)19(3)4)35-31(37)28(43-33(35)34-26)18-24-15-16-27(42-24)25-17-23(36(39)40)14-9-20(25)5/h9-19,30H,6-8H2,1-5H3/b28-18-/t30-/m0/s1. The van der Waals surface area contributed by atoms with Gasteiger partial charge in [-0.25, -0.2) is 9.79 Å². The minimum Gasteiger partial charge on any atom is -0.463 e. The number of fused-ring (bicyclic) bond motifs is 1. The molecule has 2 aromatic heterocycles. The number of allylic oxidation sites excluding steroid dienone is 1. The van der Waals surface area contributed by atoms with Gasteiger partial charge >= 0.3 is 5.97 Å². The molecule has 0 N–H and O–H groups in total. The van der Waals surface area contributed by atoms with Crippen LogP contribution in [0.4, 0.5) is 5.69 Å². The molecule has 0 bridgehead atoms. The minimum absolute atomic E-state index is 0.0337. The Morgan fingerprint density at radius 2 is 1.91 bits per heavy atom. The van der Waals surface area contributed by atoms with E-state index in [1.165, 1.54) is 23.5 Å². The lowest BCUT2D eigenvalue weighted by Crippen LogP contribution is -2.40. The summed E-state index contributed by atoms with van der Waals surface area (Å²) in [4.78, 5) is 43.5. The molecule has 1 atom stereocenters. The molecule has 222 valence electrons. The summed E-state index contributed by atoms with van der Waals surface area (Å²) in [5.74, 6) is 0.723. The molecule has 1 aliphatic rings. The summed E-state index contributed by atoms with van der Waals surface area (Å²) in [5, 5.41) is 11.3. The summed E-state index contributed by atoms with van der Waals surface area (Å²) >= 11 is 1.23. The predicted octanol–water partition coefficient (Wildman–Crippen LogP) is 6.18. The molecule has 0 aliphatic carbocycles. The number of aryl methyl sites for hydroxylation is 1. The maximum absolute atomic E-state index is 14.0. The SMILES string of the molecule is CCCC1=C(C(=O)OCC)[C@H](c2ccc(C(C)C)cc2)n2c(s/c(=C\c3ccc(-c4cc([N+](=O)[O-])ccc4C)o3)c2=O)=N1. The molecule has 0 fully saturated rings. The molecule has 0 spiro atoms. The van der Waals surface area contributed by atoms with E-state index in [4.69, 9.17) is 14.1 Å². The van der Waals surface area contributed by atoms with Gasteiger partial charge in [0.1, 0.15) is 11.5 Å². The summed E-state index contributed by atoms with van der Waals surface area (Å²) in [7, 11) is 0. The number of hydrogen-bond donors (Lipinski definition) is 0. The van der Waals surface area contributed by atoms with Gasteiger partial charge in [-0.2, -0.15) is 0 Å². The van der Waals surface area contributed by atoms with Gasteiger partial charge in [0.05, 0.1) is 33.4 Å². The number of benzene rings is 2. The maximum atomic E-state index is 14.0. The Kier molecular flexibility index (Phi) is 8.59. The van der Waals surface area contributed by atoms with Crippen LogP contribution in [0.25, 0.3) is 17.4 Å². The van der Waals surface area contributed by atoms with Crippen LogP contribution in [0, 0.1) is 17.0 Å². The molecular weight excluding hydrogens is 566 g/mol. The van der Waals surface area contributed by atoms with E-state index in [0.717, 1.165) is 23.1 Å². The van der Waals surface area contributed by atoms with Crippen LogP contribution in [-0.2, 0) is 9.53 Å². The maximum Gasteiger partial charge on any atom is 0.338 e. The topological polar surface area (TPSA) is 117 Å². The van der Waals surface area contributed by atoms with Crippen molar-refractivity contribution in [3.8, 4) is 11.3 Å². The molecular formula is C33H33N3O6S. The van der Waals surface area contributed by atoms with E-state index < -0.39 is 16.9 Å². The number of hydrogen-bond acceptors (Lipinski definition) is 8. The number of non-ortho nitro benzene ring substituents is 1. The molecule has 0 saturated heterocycles. The van der Waals surface area contributed by atoms with Crippen molar-refractivity contribution in [3.63, 3.8) is 0 Å². The molecule has 0 radical (unpaired) electrons. The number of aromatic nitrogens is 1. The fourth-order valence-corrected chi connectivity index (χ4v) is 6.19. The van der Waals surface area contributed by atoms with Gasteiger partial charge in [-0.1, -0.05) is 68.9 Å². The zero-order chi connectivity index (χ0) is 30.8. The number of rotatable bonds is 9. The number of carbonyl (C=O) groups excluding carboxylic acids is 1. The fourth-order valence-electron chi connectivity index (χ4n) is 5.19. The molecule has 3 heterocycles. The Labute approximate surface area is 252 Å². The van der Waals surface area contributed by atoms with Crippen LogP contribution in [-0.4, -0.2) is 22.1 Å². The molecule has 10 heteroatoms. The van der Waals surface area contributed by atoms with Crippen molar-refractivity contribution in [3.05, 3.63) is 118 Å². The Bertz CT molecular complexity index is 1910. The third kappa shape index (κ3) is 5.87. The predicted molar refractivity (Wildman–Crippen MR) is 166 cm³/mol. The number of nitrogens with zero attached hydrogens (tertiary/aromatic N) is 3. The van der Waals surface area contributed by atoms with Crippen molar-refractivity contribution in [2.24, 2.45) is 4.99 Å². The second-order valence-corrected chi connectivity index (χ2v) is 11.7. The van der Waals surface area contributed by atoms with Gasteiger partial charge in [-0.3, -0.25) is 19.5 Å². The van der Waals surface area contributed by atoms with Gasteiger partial charge in [-0.15, -0.1) is 0 Å². The Morgan fingerprint density at radius 1 is 1.16 bits per heavy atom. The number of carbonyl (C=O) groups is 1. The molecule has 2 aromatic carbocycles. The number of ether oxygens (including phenoxy) is 1. The highest BCUT2D eigenvalue weighted by molar-refractivity contribution is 7.07.